The van der Waals surface area contributed by atoms with E-state index in [4.69, 9.17) is 0 Å². The molecule has 0 N–H and O–H groups in total. The van der Waals surface area contributed by atoms with Gasteiger partial charge in [-0.1, -0.05) is 17.4 Å². The number of hydrogen-bond donors (Lipinski definition) is 0. The topological polar surface area (TPSA) is 34.4 Å². The molecular weight excluding hydrogens is 240 g/mol. The van der Waals surface area contributed by atoms with Crippen LogP contribution in [0.4, 0.5) is 0 Å². The molecule has 3 heterocycles. The molecule has 3 rings (SSSR count). The number of nitrogens with zero attached hydrogens (tertiary/aromatic N) is 2. The van der Waals surface area contributed by atoms with Gasteiger partial charge in [0.2, 0.25) is 0 Å². The Labute approximate surface area is 100 Å². The first kappa shape index (κ1) is 9.99. The quantitative estimate of drug-likeness (QED) is 0.738. The summed E-state index contributed by atoms with van der Waals surface area (Å²) in [7, 11) is 0. The SMILES string of the molecule is O=c1c(=Cc2cccs2)sc2n1CCCN=2. The number of fused-ring (bicyclic) bond motifs is 1. The van der Waals surface area contributed by atoms with Crippen molar-refractivity contribution in [3.8, 4) is 0 Å². The zero-order valence-corrected chi connectivity index (χ0v) is 10.2. The summed E-state index contributed by atoms with van der Waals surface area (Å²) >= 11 is 3.14. The zero-order valence-electron chi connectivity index (χ0n) is 8.55. The molecule has 0 radical (unpaired) electrons. The van der Waals surface area contributed by atoms with E-state index in [0.29, 0.717) is 0 Å². The minimum atomic E-state index is 0.108. The van der Waals surface area contributed by atoms with Gasteiger partial charge in [-0.2, -0.15) is 0 Å². The molecule has 2 aromatic heterocycles. The van der Waals surface area contributed by atoms with E-state index in [0.717, 1.165) is 33.7 Å². The molecule has 0 atom stereocenters. The van der Waals surface area contributed by atoms with Gasteiger partial charge >= 0.3 is 0 Å². The van der Waals surface area contributed by atoms with Crippen LogP contribution in [0.5, 0.6) is 0 Å². The van der Waals surface area contributed by atoms with E-state index in [2.05, 4.69) is 4.99 Å². The highest BCUT2D eigenvalue weighted by Crippen LogP contribution is 2.08. The molecular formula is C11H10N2OS2. The second kappa shape index (κ2) is 3.99. The number of hydrogen-bond acceptors (Lipinski definition) is 4. The molecule has 0 spiro atoms. The molecule has 5 heteroatoms. The maximum Gasteiger partial charge on any atom is 0.270 e. The van der Waals surface area contributed by atoms with Crippen molar-refractivity contribution in [2.24, 2.45) is 4.99 Å². The largest absolute Gasteiger partial charge is 0.284 e. The van der Waals surface area contributed by atoms with Gasteiger partial charge in [0, 0.05) is 18.0 Å². The van der Waals surface area contributed by atoms with E-state index in [9.17, 15) is 4.79 Å². The van der Waals surface area contributed by atoms with Gasteiger partial charge in [-0.15, -0.1) is 11.3 Å². The van der Waals surface area contributed by atoms with Gasteiger partial charge in [0.05, 0.1) is 4.53 Å². The monoisotopic (exact) mass is 250 g/mol. The number of thiazole rings is 1. The van der Waals surface area contributed by atoms with Crippen LogP contribution in [0, 0.1) is 0 Å². The standard InChI is InChI=1S/C11H10N2OS2/c14-10-9(7-8-3-1-6-15-8)16-11-12-4-2-5-13(10)11/h1,3,6-7H,2,4-5H2. The Hall–Kier alpha value is -1.20. The average Bonchev–Trinajstić information content (AvgIpc) is 2.90. The molecule has 0 saturated heterocycles. The maximum absolute atomic E-state index is 12.0. The van der Waals surface area contributed by atoms with Crippen molar-refractivity contribution in [2.45, 2.75) is 13.0 Å². The molecule has 0 saturated carbocycles. The molecule has 0 bridgehead atoms. The Morgan fingerprint density at radius 1 is 1.50 bits per heavy atom. The Balaban J connectivity index is 2.24. The first-order valence-corrected chi connectivity index (χ1v) is 6.83. The van der Waals surface area contributed by atoms with Gasteiger partial charge < -0.3 is 0 Å². The van der Waals surface area contributed by atoms with Crippen LogP contribution >= 0.6 is 22.7 Å². The highest BCUT2D eigenvalue weighted by atomic mass is 32.1. The van der Waals surface area contributed by atoms with Crippen LogP contribution in [-0.4, -0.2) is 11.1 Å². The van der Waals surface area contributed by atoms with Crippen LogP contribution in [-0.2, 0) is 6.54 Å². The molecule has 82 valence electrons. The molecule has 0 aliphatic carbocycles. The summed E-state index contributed by atoms with van der Waals surface area (Å²) in [6.07, 6.45) is 2.93. The normalized spacial score (nSPS) is 15.9. The number of aromatic nitrogens is 1. The molecule has 2 aromatic rings. The van der Waals surface area contributed by atoms with E-state index in [-0.39, 0.29) is 5.56 Å². The molecule has 0 amide bonds. The van der Waals surface area contributed by atoms with E-state index in [1.54, 1.807) is 15.9 Å². The molecule has 16 heavy (non-hydrogen) atoms. The van der Waals surface area contributed by atoms with Crippen molar-refractivity contribution in [1.82, 2.24) is 4.57 Å². The first-order valence-electron chi connectivity index (χ1n) is 5.14. The summed E-state index contributed by atoms with van der Waals surface area (Å²) in [6.45, 7) is 1.66. The van der Waals surface area contributed by atoms with E-state index in [1.165, 1.54) is 11.3 Å². The maximum atomic E-state index is 12.0. The molecule has 3 nitrogen and oxygen atoms in total. The van der Waals surface area contributed by atoms with E-state index < -0.39 is 0 Å². The highest BCUT2D eigenvalue weighted by Gasteiger charge is 2.08. The Morgan fingerprint density at radius 3 is 3.19 bits per heavy atom. The lowest BCUT2D eigenvalue weighted by Crippen LogP contribution is -2.33. The van der Waals surface area contributed by atoms with Crippen molar-refractivity contribution >= 4 is 28.7 Å². The minimum absolute atomic E-state index is 0.108. The summed E-state index contributed by atoms with van der Waals surface area (Å²) in [5.41, 5.74) is 0.108. The highest BCUT2D eigenvalue weighted by molar-refractivity contribution is 7.11. The van der Waals surface area contributed by atoms with Crippen molar-refractivity contribution in [3.05, 3.63) is 42.1 Å². The molecule has 1 aliphatic rings. The lowest BCUT2D eigenvalue weighted by molar-refractivity contribution is 0.573. The molecule has 1 aliphatic heterocycles. The smallest absolute Gasteiger partial charge is 0.270 e. The van der Waals surface area contributed by atoms with Crippen LogP contribution in [0.15, 0.2) is 27.3 Å². The fourth-order valence-corrected chi connectivity index (χ4v) is 3.48. The Morgan fingerprint density at radius 2 is 2.44 bits per heavy atom. The second-order valence-electron chi connectivity index (χ2n) is 3.60. The molecule has 0 fully saturated rings. The van der Waals surface area contributed by atoms with Gasteiger partial charge in [0.1, 0.15) is 0 Å². The van der Waals surface area contributed by atoms with E-state index in [1.807, 2.05) is 23.6 Å². The van der Waals surface area contributed by atoms with Crippen LogP contribution < -0.4 is 14.9 Å². The third-order valence-corrected chi connectivity index (χ3v) is 4.36. The summed E-state index contributed by atoms with van der Waals surface area (Å²) in [4.78, 5) is 18.4. The van der Waals surface area contributed by atoms with Crippen LogP contribution in [0.1, 0.15) is 11.3 Å². The third-order valence-electron chi connectivity index (χ3n) is 2.49. The lowest BCUT2D eigenvalue weighted by Gasteiger charge is -2.03. The summed E-state index contributed by atoms with van der Waals surface area (Å²) in [5, 5.41) is 2.02. The Bertz CT molecular complexity index is 664. The van der Waals surface area contributed by atoms with Crippen molar-refractivity contribution < 1.29 is 0 Å². The van der Waals surface area contributed by atoms with Gasteiger partial charge in [0.25, 0.3) is 5.56 Å². The third kappa shape index (κ3) is 1.66. The van der Waals surface area contributed by atoms with Crippen LogP contribution in [0.3, 0.4) is 0 Å². The van der Waals surface area contributed by atoms with Crippen LogP contribution in [0.2, 0.25) is 0 Å². The number of rotatable bonds is 1. The Kier molecular flexibility index (Phi) is 2.49. The van der Waals surface area contributed by atoms with Gasteiger partial charge in [-0.3, -0.25) is 14.4 Å². The summed E-state index contributed by atoms with van der Waals surface area (Å²) < 4.78 is 2.58. The van der Waals surface area contributed by atoms with Crippen LogP contribution in [0.25, 0.3) is 6.08 Å². The van der Waals surface area contributed by atoms with Crippen molar-refractivity contribution in [3.63, 3.8) is 0 Å². The van der Waals surface area contributed by atoms with Gasteiger partial charge in [-0.25, -0.2) is 0 Å². The molecule has 0 aromatic carbocycles. The fraction of sp³-hybridized carbons (Fsp3) is 0.273. The fourth-order valence-electron chi connectivity index (χ4n) is 1.73. The second-order valence-corrected chi connectivity index (χ2v) is 5.59. The number of thiophene rings is 1. The molecule has 0 unspecified atom stereocenters. The average molecular weight is 250 g/mol. The van der Waals surface area contributed by atoms with Gasteiger partial charge in [0.15, 0.2) is 4.80 Å². The minimum Gasteiger partial charge on any atom is -0.284 e. The van der Waals surface area contributed by atoms with E-state index >= 15 is 0 Å². The lowest BCUT2D eigenvalue weighted by atomic mass is 10.4. The summed E-state index contributed by atoms with van der Waals surface area (Å²) in [5.74, 6) is 0. The predicted octanol–water partition coefficient (Wildman–Crippen LogP) is 0.823. The van der Waals surface area contributed by atoms with Gasteiger partial charge in [-0.05, 0) is 23.9 Å². The zero-order chi connectivity index (χ0) is 11.0. The predicted molar refractivity (Wildman–Crippen MR) is 66.7 cm³/mol. The van der Waals surface area contributed by atoms with Crippen molar-refractivity contribution in [1.29, 1.82) is 0 Å². The first-order chi connectivity index (χ1) is 7.84. The van der Waals surface area contributed by atoms with Crippen molar-refractivity contribution in [2.75, 3.05) is 6.54 Å². The summed E-state index contributed by atoms with van der Waals surface area (Å²) in [6, 6.07) is 4.01.